The number of ether oxygens (including phenoxy) is 1. The molecule has 0 spiro atoms. The molecule has 0 saturated carbocycles. The Labute approximate surface area is 232 Å². The third-order valence-electron chi connectivity index (χ3n) is 7.04. The number of halogens is 1. The van der Waals surface area contributed by atoms with E-state index < -0.39 is 10.5 Å². The van der Waals surface area contributed by atoms with Crippen molar-refractivity contribution in [1.82, 2.24) is 14.3 Å². The monoisotopic (exact) mass is 553 g/mol. The van der Waals surface area contributed by atoms with Gasteiger partial charge in [-0.25, -0.2) is 18.5 Å². The molecule has 2 aromatic carbocycles. The van der Waals surface area contributed by atoms with Crippen molar-refractivity contribution in [1.29, 1.82) is 0 Å². The molecular weight excluding hydrogens is 517 g/mol. The van der Waals surface area contributed by atoms with E-state index in [2.05, 4.69) is 32.7 Å². The summed E-state index contributed by atoms with van der Waals surface area (Å²) in [5.74, 6) is 0.637. The first-order chi connectivity index (χ1) is 18.8. The van der Waals surface area contributed by atoms with Gasteiger partial charge in [0.05, 0.1) is 6.61 Å². The molecule has 208 valence electrons. The van der Waals surface area contributed by atoms with Crippen LogP contribution in [0.4, 0.5) is 21.8 Å². The van der Waals surface area contributed by atoms with Crippen molar-refractivity contribution in [2.24, 2.45) is 0 Å². The highest BCUT2D eigenvalue weighted by Gasteiger charge is 2.49. The number of piperazine rings is 1. The maximum atomic E-state index is 13.8. The minimum atomic E-state index is -1.12. The first-order valence-electron chi connectivity index (χ1n) is 13.1. The fourth-order valence-electron chi connectivity index (χ4n) is 4.68. The quantitative estimate of drug-likeness (QED) is 0.209. The van der Waals surface area contributed by atoms with E-state index >= 15 is 0 Å². The molecule has 8 nitrogen and oxygen atoms in total. The second-order valence-corrected chi connectivity index (χ2v) is 12.8. The highest BCUT2D eigenvalue weighted by Crippen LogP contribution is 2.69. The van der Waals surface area contributed by atoms with Gasteiger partial charge in [0.1, 0.15) is 17.1 Å². The van der Waals surface area contributed by atoms with Crippen LogP contribution in [0.3, 0.4) is 0 Å². The van der Waals surface area contributed by atoms with Gasteiger partial charge in [0.15, 0.2) is 0 Å². The molecule has 2 aliphatic rings. The van der Waals surface area contributed by atoms with Gasteiger partial charge in [0.25, 0.3) is 0 Å². The Hall–Kier alpha value is -3.47. The van der Waals surface area contributed by atoms with Crippen LogP contribution in [0.1, 0.15) is 26.4 Å². The largest absolute Gasteiger partial charge is 0.463 e. The minimum absolute atomic E-state index is 0. The maximum Gasteiger partial charge on any atom is 0.330 e. The molecule has 3 heterocycles. The molecule has 0 bridgehead atoms. The summed E-state index contributed by atoms with van der Waals surface area (Å²) in [5.41, 5.74) is 4.30. The van der Waals surface area contributed by atoms with E-state index in [1.54, 1.807) is 32.1 Å². The van der Waals surface area contributed by atoms with Crippen molar-refractivity contribution in [3.05, 3.63) is 71.7 Å². The number of aromatic nitrogens is 2. The molecule has 0 amide bonds. The van der Waals surface area contributed by atoms with E-state index in [0.717, 1.165) is 54.4 Å². The zero-order valence-electron chi connectivity index (χ0n) is 22.7. The summed E-state index contributed by atoms with van der Waals surface area (Å²) >= 11 is 0. The van der Waals surface area contributed by atoms with Crippen molar-refractivity contribution in [3.8, 4) is 11.1 Å². The van der Waals surface area contributed by atoms with Crippen molar-refractivity contribution >= 4 is 40.0 Å². The third kappa shape index (κ3) is 6.08. The van der Waals surface area contributed by atoms with Crippen LogP contribution in [0.15, 0.2) is 54.7 Å². The Morgan fingerprint density at radius 1 is 1.26 bits per heavy atom. The molecule has 1 aromatic heterocycles. The van der Waals surface area contributed by atoms with Crippen molar-refractivity contribution in [2.75, 3.05) is 49.3 Å². The number of anilines is 3. The topological polar surface area (TPSA) is 83.1 Å². The van der Waals surface area contributed by atoms with E-state index in [9.17, 15) is 9.18 Å². The number of rotatable bonds is 8. The fraction of sp³-hybridized carbons (Fsp3) is 0.345. The second kappa shape index (κ2) is 11.3. The Bertz CT molecular complexity index is 1400. The van der Waals surface area contributed by atoms with Gasteiger partial charge in [-0.05, 0) is 67.8 Å². The zero-order chi connectivity index (χ0) is 27.6. The summed E-state index contributed by atoms with van der Waals surface area (Å²) in [6, 6.07) is 12.8. The average Bonchev–Trinajstić information content (AvgIpc) is 3.57. The van der Waals surface area contributed by atoms with E-state index in [-0.39, 0.29) is 13.2 Å². The third-order valence-corrected chi connectivity index (χ3v) is 10.2. The lowest BCUT2D eigenvalue weighted by atomic mass is 10.0. The predicted molar refractivity (Wildman–Crippen MR) is 158 cm³/mol. The molecule has 10 heteroatoms. The summed E-state index contributed by atoms with van der Waals surface area (Å²) in [4.78, 5) is 23.6. The number of aryl methyl sites for hydroxylation is 1. The number of carbonyl (C=O) groups is 1. The number of esters is 1. The van der Waals surface area contributed by atoms with E-state index in [1.807, 2.05) is 30.5 Å². The van der Waals surface area contributed by atoms with Gasteiger partial charge in [0.2, 0.25) is 5.95 Å². The molecule has 5 rings (SSSR count). The normalized spacial score (nSPS) is 22.9. The molecule has 2 saturated heterocycles. The van der Waals surface area contributed by atoms with Crippen molar-refractivity contribution in [2.45, 2.75) is 26.2 Å². The molecule has 0 radical (unpaired) electrons. The molecule has 2 atom stereocenters. The van der Waals surface area contributed by atoms with Crippen LogP contribution in [0.5, 0.6) is 0 Å². The van der Waals surface area contributed by atoms with E-state index in [0.29, 0.717) is 23.6 Å². The fourth-order valence-corrected chi connectivity index (χ4v) is 6.95. The van der Waals surface area contributed by atoms with Crippen LogP contribution in [0, 0.1) is 12.7 Å². The summed E-state index contributed by atoms with van der Waals surface area (Å²) in [6.45, 7) is 9.38. The Balaban J connectivity index is 0.00000370. The molecule has 0 aliphatic carbocycles. The minimum Gasteiger partial charge on any atom is -0.463 e. The highest BCUT2D eigenvalue weighted by atomic mass is 32.3. The van der Waals surface area contributed by atoms with Gasteiger partial charge >= 0.3 is 5.97 Å². The molecule has 2 aliphatic heterocycles. The highest BCUT2D eigenvalue weighted by molar-refractivity contribution is 8.32. The van der Waals surface area contributed by atoms with Crippen LogP contribution in [-0.4, -0.2) is 64.7 Å². The summed E-state index contributed by atoms with van der Waals surface area (Å²) in [7, 11) is -1.12. The van der Waals surface area contributed by atoms with E-state index in [1.165, 1.54) is 12.1 Å². The molecule has 2 unspecified atom stereocenters. The summed E-state index contributed by atoms with van der Waals surface area (Å²) < 4.78 is 27.2. The summed E-state index contributed by atoms with van der Waals surface area (Å²) in [6.07, 6.45) is 7.22. The van der Waals surface area contributed by atoms with Gasteiger partial charge < -0.3 is 19.1 Å². The second-order valence-electron chi connectivity index (χ2n) is 9.67. The van der Waals surface area contributed by atoms with Crippen molar-refractivity contribution in [3.63, 3.8) is 0 Å². The number of benzene rings is 2. The van der Waals surface area contributed by atoms with Crippen LogP contribution >= 0.6 is 10.5 Å². The number of hydrogen-bond donors (Lipinski definition) is 1. The first kappa shape index (κ1) is 27.1. The average molecular weight is 554 g/mol. The lowest BCUT2D eigenvalue weighted by molar-refractivity contribution is -0.137. The smallest absolute Gasteiger partial charge is 0.330 e. The van der Waals surface area contributed by atoms with Crippen LogP contribution in [0.2, 0.25) is 0 Å². The SMILES string of the molecule is CCOC(=O)/C=C/c1cccc(-c2cnc(Nc3ccc(F)c(C)c3)nc2N2CCN(S3(C)OC3C)CC2)c1.[HH]. The Morgan fingerprint density at radius 3 is 2.72 bits per heavy atom. The van der Waals surface area contributed by atoms with Gasteiger partial charge in [0, 0.05) is 57.4 Å². The number of hydrogen-bond acceptors (Lipinski definition) is 8. The molecule has 1 N–H and O–H groups in total. The molecule has 2 fully saturated rings. The van der Waals surface area contributed by atoms with Crippen LogP contribution in [-0.2, 0) is 13.7 Å². The first-order valence-corrected chi connectivity index (χ1v) is 15.1. The predicted octanol–water partition coefficient (Wildman–Crippen LogP) is 5.92. The molecule has 3 aromatic rings. The zero-order valence-corrected chi connectivity index (χ0v) is 23.5. The number of carbonyl (C=O) groups excluding carboxylic acids is 1. The van der Waals surface area contributed by atoms with Crippen LogP contribution in [0.25, 0.3) is 17.2 Å². The lowest BCUT2D eigenvalue weighted by Crippen LogP contribution is -2.46. The number of nitrogens with zero attached hydrogens (tertiary/aromatic N) is 4. The lowest BCUT2D eigenvalue weighted by Gasteiger charge is -2.39. The molecular formula is C29H36FN5O3S. The van der Waals surface area contributed by atoms with Gasteiger partial charge in [-0.2, -0.15) is 4.98 Å². The molecule has 39 heavy (non-hydrogen) atoms. The van der Waals surface area contributed by atoms with Crippen LogP contribution < -0.4 is 10.2 Å². The van der Waals surface area contributed by atoms with E-state index in [4.69, 9.17) is 13.9 Å². The summed E-state index contributed by atoms with van der Waals surface area (Å²) in [5, 5.41) is 3.23. The maximum absolute atomic E-state index is 13.8. The Kier molecular flexibility index (Phi) is 7.88. The van der Waals surface area contributed by atoms with Gasteiger partial charge in [-0.15, -0.1) is 0 Å². The Morgan fingerprint density at radius 2 is 2.03 bits per heavy atom. The van der Waals surface area contributed by atoms with Gasteiger partial charge in [-0.1, -0.05) is 28.7 Å². The number of nitrogens with one attached hydrogen (secondary N) is 1. The van der Waals surface area contributed by atoms with Crippen molar-refractivity contribution < 1.29 is 19.5 Å². The standard InChI is InChI=1S/C29H34FN5O3S.H2/c1-5-37-27(36)12-9-22-7-6-8-23(18-22)25-19-31-29(32-24-10-11-26(30)20(2)17-24)33-28(25)34-13-15-35(16-14-34)39(4)21(3)38-39;/h6-12,17-19,21H,5,13-16H2,1-4H3,(H,31,32,33);1H/b12-9+;. The van der Waals surface area contributed by atoms with Gasteiger partial charge in [-0.3, -0.25) is 0 Å².